The molecule has 1 fully saturated rings. The number of hydrogen-bond acceptors (Lipinski definition) is 6. The summed E-state index contributed by atoms with van der Waals surface area (Å²) in [4.78, 5) is 48.0. The van der Waals surface area contributed by atoms with Gasteiger partial charge in [0.1, 0.15) is 11.9 Å². The predicted octanol–water partition coefficient (Wildman–Crippen LogP) is 3.57. The number of carbonyl (C=O) groups excluding carboxylic acids is 4. The molecule has 0 radical (unpaired) electrons. The summed E-state index contributed by atoms with van der Waals surface area (Å²) in [6.45, 7) is 5.67. The summed E-state index contributed by atoms with van der Waals surface area (Å²) in [6, 6.07) is 0. The Morgan fingerprint density at radius 2 is 1.79 bits per heavy atom. The number of ether oxygens (including phenoxy) is 1. The van der Waals surface area contributed by atoms with Crippen LogP contribution in [0.25, 0.3) is 0 Å². The van der Waals surface area contributed by atoms with Gasteiger partial charge in [-0.25, -0.2) is 4.79 Å². The Labute approximate surface area is 196 Å². The number of rotatable bonds is 7. The van der Waals surface area contributed by atoms with Crippen molar-refractivity contribution < 1.29 is 29.0 Å². The maximum atomic E-state index is 12.7. The average Bonchev–Trinajstić information content (AvgIpc) is 2.71. The van der Waals surface area contributed by atoms with E-state index >= 15 is 0 Å². The second-order valence-corrected chi connectivity index (χ2v) is 9.37. The molecular weight excluding hydrogens is 422 g/mol. The van der Waals surface area contributed by atoms with Gasteiger partial charge in [0.2, 0.25) is 11.8 Å². The molecule has 7 heteroatoms. The molecule has 0 spiro atoms. The molecule has 2 amide bonds. The third-order valence-corrected chi connectivity index (χ3v) is 6.21. The van der Waals surface area contributed by atoms with Crippen molar-refractivity contribution in [2.24, 2.45) is 17.8 Å². The summed E-state index contributed by atoms with van der Waals surface area (Å²) >= 11 is 0. The van der Waals surface area contributed by atoms with E-state index in [4.69, 9.17) is 4.74 Å². The number of piperidine rings is 1. The summed E-state index contributed by atoms with van der Waals surface area (Å²) in [7, 11) is 0. The molecule has 2 N–H and O–H groups in total. The molecule has 0 aromatic carbocycles. The highest BCUT2D eigenvalue weighted by Crippen LogP contribution is 2.25. The van der Waals surface area contributed by atoms with Gasteiger partial charge in [-0.1, -0.05) is 38.2 Å². The number of cyclic esters (lactones) is 1. The summed E-state index contributed by atoms with van der Waals surface area (Å²) in [6.07, 6.45) is 12.0. The summed E-state index contributed by atoms with van der Waals surface area (Å²) in [5, 5.41) is 12.6. The first-order valence-electron chi connectivity index (χ1n) is 11.9. The maximum Gasteiger partial charge on any atom is 0.331 e. The zero-order valence-electron chi connectivity index (χ0n) is 19.9. The van der Waals surface area contributed by atoms with Gasteiger partial charge in [0.25, 0.3) is 0 Å². The van der Waals surface area contributed by atoms with Gasteiger partial charge < -0.3 is 9.84 Å². The number of Topliss-reactive ketones (excluding diaryl/α,β-unsaturated/α-hetero) is 1. The number of esters is 1. The molecule has 2 aliphatic heterocycles. The first-order chi connectivity index (χ1) is 15.7. The van der Waals surface area contributed by atoms with Crippen LogP contribution in [0.1, 0.15) is 72.1 Å². The molecule has 33 heavy (non-hydrogen) atoms. The van der Waals surface area contributed by atoms with Crippen LogP contribution in [0, 0.1) is 17.8 Å². The fraction of sp³-hybridized carbons (Fsp3) is 0.615. The minimum absolute atomic E-state index is 0.0508. The van der Waals surface area contributed by atoms with E-state index < -0.39 is 18.1 Å². The first-order valence-corrected chi connectivity index (χ1v) is 11.9. The van der Waals surface area contributed by atoms with Crippen LogP contribution in [0.4, 0.5) is 0 Å². The lowest BCUT2D eigenvalue weighted by Gasteiger charge is -2.26. The third kappa shape index (κ3) is 9.46. The van der Waals surface area contributed by atoms with Crippen LogP contribution >= 0.6 is 0 Å². The number of carbonyl (C=O) groups is 4. The maximum absolute atomic E-state index is 12.7. The van der Waals surface area contributed by atoms with E-state index in [0.717, 1.165) is 31.3 Å². The molecule has 0 aromatic rings. The Bertz CT molecular complexity index is 796. The molecule has 2 aliphatic rings. The summed E-state index contributed by atoms with van der Waals surface area (Å²) < 4.78 is 5.73. The second kappa shape index (κ2) is 13.2. The first kappa shape index (κ1) is 26.7. The standard InChI is InChI=1S/C26H37NO6/c1-17-10-8-6-4-5-7-9-11-25(32)33-26(17)19(3)12-18(2)22(29)16-21(28)13-20-14-23(30)27-24(31)15-20/h4,6,9,11-12,17-18,20-21,26,28H,5,7-8,10,13-16H2,1-3H3,(H,27,30,31)/b6-4+,11-9+,19-12+/t17-,18-,21+,26+/m0/s1. The van der Waals surface area contributed by atoms with Crippen molar-refractivity contribution in [2.45, 2.75) is 84.3 Å². The van der Waals surface area contributed by atoms with Crippen molar-refractivity contribution in [3.63, 3.8) is 0 Å². The Hall–Kier alpha value is -2.54. The molecule has 2 rings (SSSR count). The van der Waals surface area contributed by atoms with E-state index in [2.05, 4.69) is 17.5 Å². The number of amides is 2. The Morgan fingerprint density at radius 1 is 1.15 bits per heavy atom. The predicted molar refractivity (Wildman–Crippen MR) is 125 cm³/mol. The van der Waals surface area contributed by atoms with Crippen LogP contribution in [-0.4, -0.2) is 40.9 Å². The number of aliphatic hydroxyl groups excluding tert-OH is 1. The SMILES string of the molecule is C/C(=C\[C@H](C)C(=O)C[C@H](O)CC1CC(=O)NC(=O)C1)[C@@H]1OC(=O)/C=C/CC/C=C/CC[C@@H]1C. The lowest BCUT2D eigenvalue weighted by molar-refractivity contribution is -0.143. The van der Waals surface area contributed by atoms with Crippen LogP contribution in [0.2, 0.25) is 0 Å². The highest BCUT2D eigenvalue weighted by Gasteiger charge is 2.28. The summed E-state index contributed by atoms with van der Waals surface area (Å²) in [5.74, 6) is -1.82. The highest BCUT2D eigenvalue weighted by atomic mass is 16.5. The molecule has 2 heterocycles. The van der Waals surface area contributed by atoms with Crippen molar-refractivity contribution in [1.82, 2.24) is 5.32 Å². The van der Waals surface area contributed by atoms with Gasteiger partial charge >= 0.3 is 5.97 Å². The van der Waals surface area contributed by atoms with Crippen LogP contribution in [0.15, 0.2) is 36.0 Å². The largest absolute Gasteiger partial charge is 0.454 e. The van der Waals surface area contributed by atoms with Gasteiger partial charge in [-0.05, 0) is 56.4 Å². The van der Waals surface area contributed by atoms with Gasteiger partial charge in [0.05, 0.1) is 6.10 Å². The molecule has 0 aliphatic carbocycles. The third-order valence-electron chi connectivity index (χ3n) is 6.21. The lowest BCUT2D eigenvalue weighted by Crippen LogP contribution is -2.39. The number of nitrogens with one attached hydrogen (secondary N) is 1. The van der Waals surface area contributed by atoms with Crippen LogP contribution < -0.4 is 5.32 Å². The quantitative estimate of drug-likeness (QED) is 0.342. The van der Waals surface area contributed by atoms with Crippen molar-refractivity contribution in [1.29, 1.82) is 0 Å². The zero-order chi connectivity index (χ0) is 24.4. The highest BCUT2D eigenvalue weighted by molar-refractivity contribution is 5.97. The van der Waals surface area contributed by atoms with E-state index in [1.165, 1.54) is 6.08 Å². The molecule has 182 valence electrons. The van der Waals surface area contributed by atoms with Gasteiger partial charge in [0, 0.05) is 31.3 Å². The Balaban J connectivity index is 1.98. The van der Waals surface area contributed by atoms with Gasteiger partial charge in [-0.15, -0.1) is 0 Å². The molecule has 0 unspecified atom stereocenters. The zero-order valence-corrected chi connectivity index (χ0v) is 19.9. The van der Waals surface area contributed by atoms with Gasteiger partial charge in [-0.3, -0.25) is 19.7 Å². The molecule has 0 bridgehead atoms. The molecule has 7 nitrogen and oxygen atoms in total. The minimum Gasteiger partial charge on any atom is -0.454 e. The molecule has 1 saturated heterocycles. The fourth-order valence-corrected chi connectivity index (χ4v) is 4.43. The Kier molecular flexibility index (Phi) is 10.7. The van der Waals surface area contributed by atoms with Crippen molar-refractivity contribution in [2.75, 3.05) is 0 Å². The van der Waals surface area contributed by atoms with E-state index in [1.54, 1.807) is 6.92 Å². The van der Waals surface area contributed by atoms with Crippen LogP contribution in [0.3, 0.4) is 0 Å². The molecular formula is C26H37NO6. The van der Waals surface area contributed by atoms with Gasteiger partial charge in [0.15, 0.2) is 0 Å². The number of imide groups is 1. The summed E-state index contributed by atoms with van der Waals surface area (Å²) in [5.41, 5.74) is 0.815. The Morgan fingerprint density at radius 3 is 2.48 bits per heavy atom. The van der Waals surface area contributed by atoms with Crippen LogP contribution in [0.5, 0.6) is 0 Å². The topological polar surface area (TPSA) is 110 Å². The van der Waals surface area contributed by atoms with Crippen LogP contribution in [-0.2, 0) is 23.9 Å². The minimum atomic E-state index is -0.910. The normalized spacial score (nSPS) is 27.4. The monoisotopic (exact) mass is 459 g/mol. The molecule has 4 atom stereocenters. The van der Waals surface area contributed by atoms with Crippen molar-refractivity contribution in [3.05, 3.63) is 36.0 Å². The lowest BCUT2D eigenvalue weighted by atomic mass is 9.87. The van der Waals surface area contributed by atoms with E-state index in [0.29, 0.717) is 0 Å². The van der Waals surface area contributed by atoms with Gasteiger partial charge in [-0.2, -0.15) is 0 Å². The van der Waals surface area contributed by atoms with E-state index in [1.807, 2.05) is 26.0 Å². The second-order valence-electron chi connectivity index (χ2n) is 9.37. The molecule has 0 saturated carbocycles. The average molecular weight is 460 g/mol. The number of allylic oxidation sites excluding steroid dienone is 4. The van der Waals surface area contributed by atoms with Crippen molar-refractivity contribution in [3.8, 4) is 0 Å². The number of ketones is 1. The van der Waals surface area contributed by atoms with E-state index in [9.17, 15) is 24.3 Å². The van der Waals surface area contributed by atoms with E-state index in [-0.39, 0.29) is 61.1 Å². The smallest absolute Gasteiger partial charge is 0.331 e. The van der Waals surface area contributed by atoms with Crippen molar-refractivity contribution >= 4 is 23.6 Å². The molecule has 0 aromatic heterocycles. The number of hydrogen-bond donors (Lipinski definition) is 2. The fourth-order valence-electron chi connectivity index (χ4n) is 4.43. The number of aliphatic hydroxyl groups is 1.